The van der Waals surface area contributed by atoms with Crippen molar-refractivity contribution in [2.24, 2.45) is 0 Å². The molecule has 0 saturated carbocycles. The van der Waals surface area contributed by atoms with Gasteiger partial charge in [0.05, 0.1) is 10.6 Å². The number of nitrogens with zero attached hydrogens (tertiary/aromatic N) is 1. The van der Waals surface area contributed by atoms with Gasteiger partial charge in [-0.3, -0.25) is 4.79 Å². The second-order valence-corrected chi connectivity index (χ2v) is 6.31. The summed E-state index contributed by atoms with van der Waals surface area (Å²) >= 11 is 0. The lowest BCUT2D eigenvalue weighted by atomic mass is 10.2. The first kappa shape index (κ1) is 14.3. The minimum Gasteiger partial charge on any atom is -0.296 e. The van der Waals surface area contributed by atoms with Gasteiger partial charge in [-0.05, 0) is 37.1 Å². The number of aldehydes is 1. The van der Waals surface area contributed by atoms with Gasteiger partial charge in [-0.25, -0.2) is 12.4 Å². The van der Waals surface area contributed by atoms with Crippen LogP contribution in [0.5, 0.6) is 0 Å². The van der Waals surface area contributed by atoms with Gasteiger partial charge in [0.2, 0.25) is 0 Å². The molecule has 0 fully saturated rings. The van der Waals surface area contributed by atoms with Crippen molar-refractivity contribution < 1.29 is 13.2 Å². The van der Waals surface area contributed by atoms with Gasteiger partial charge in [0.15, 0.2) is 6.29 Å². The number of rotatable bonds is 5. The smallest absolute Gasteiger partial charge is 0.268 e. The molecule has 0 amide bonds. The first-order valence-electron chi connectivity index (χ1n) is 6.08. The van der Waals surface area contributed by atoms with Gasteiger partial charge in [-0.15, -0.1) is 6.58 Å². The first-order valence-corrected chi connectivity index (χ1v) is 7.52. The van der Waals surface area contributed by atoms with Crippen LogP contribution >= 0.6 is 0 Å². The Morgan fingerprint density at radius 2 is 1.90 bits per heavy atom. The molecule has 1 aromatic carbocycles. The summed E-state index contributed by atoms with van der Waals surface area (Å²) in [6.07, 6.45) is 4.17. The van der Waals surface area contributed by atoms with Crippen LogP contribution in [0.15, 0.2) is 54.1 Å². The molecular weight excluding hydrogens is 274 g/mol. The van der Waals surface area contributed by atoms with E-state index in [1.165, 1.54) is 18.3 Å². The molecule has 0 N–H and O–H groups in total. The lowest BCUT2D eigenvalue weighted by molar-refractivity contribution is 0.111. The second-order valence-electron chi connectivity index (χ2n) is 4.50. The fourth-order valence-corrected chi connectivity index (χ4v) is 3.27. The Morgan fingerprint density at radius 3 is 2.45 bits per heavy atom. The van der Waals surface area contributed by atoms with E-state index in [2.05, 4.69) is 6.58 Å². The van der Waals surface area contributed by atoms with Gasteiger partial charge >= 0.3 is 0 Å². The Labute approximate surface area is 118 Å². The SMILES string of the molecule is C=CCc1cc(C=O)n(S(=O)(=O)c2ccc(C)cc2)c1. The Kier molecular flexibility index (Phi) is 3.90. The van der Waals surface area contributed by atoms with Crippen LogP contribution < -0.4 is 0 Å². The van der Waals surface area contributed by atoms with Crippen molar-refractivity contribution in [2.75, 3.05) is 0 Å². The summed E-state index contributed by atoms with van der Waals surface area (Å²) in [6, 6.07) is 8.07. The molecule has 0 saturated heterocycles. The standard InChI is InChI=1S/C15H15NO3S/c1-3-4-13-9-14(11-17)16(10-13)20(18,19)15-7-5-12(2)6-8-15/h3,5-11H,1,4H2,2H3. The molecule has 2 aromatic rings. The number of benzene rings is 1. The number of carbonyl (C=O) groups is 1. The fourth-order valence-electron chi connectivity index (χ4n) is 1.91. The van der Waals surface area contributed by atoms with Crippen molar-refractivity contribution >= 4 is 16.3 Å². The highest BCUT2D eigenvalue weighted by molar-refractivity contribution is 7.90. The van der Waals surface area contributed by atoms with E-state index in [1.54, 1.807) is 24.3 Å². The van der Waals surface area contributed by atoms with Crippen molar-refractivity contribution in [3.8, 4) is 0 Å². The predicted octanol–water partition coefficient (Wildman–Crippen LogP) is 2.57. The minimum absolute atomic E-state index is 0.113. The molecule has 0 spiro atoms. The molecule has 2 rings (SSSR count). The molecular formula is C15H15NO3S. The molecule has 20 heavy (non-hydrogen) atoms. The molecule has 1 heterocycles. The highest BCUT2D eigenvalue weighted by Gasteiger charge is 2.20. The van der Waals surface area contributed by atoms with E-state index in [0.717, 1.165) is 15.1 Å². The third-order valence-electron chi connectivity index (χ3n) is 2.95. The second kappa shape index (κ2) is 5.46. The Balaban J connectivity index is 2.56. The first-order chi connectivity index (χ1) is 9.48. The van der Waals surface area contributed by atoms with Gasteiger partial charge in [-0.1, -0.05) is 23.8 Å². The van der Waals surface area contributed by atoms with Crippen LogP contribution in [0, 0.1) is 6.92 Å². The average Bonchev–Trinajstić information content (AvgIpc) is 2.83. The van der Waals surface area contributed by atoms with Crippen LogP contribution in [0.2, 0.25) is 0 Å². The summed E-state index contributed by atoms with van der Waals surface area (Å²) in [4.78, 5) is 11.2. The lowest BCUT2D eigenvalue weighted by Crippen LogP contribution is -2.14. The Morgan fingerprint density at radius 1 is 1.25 bits per heavy atom. The van der Waals surface area contributed by atoms with Crippen molar-refractivity contribution in [2.45, 2.75) is 18.2 Å². The molecule has 1 aromatic heterocycles. The molecule has 5 heteroatoms. The topological polar surface area (TPSA) is 56.1 Å². The molecule has 0 bridgehead atoms. The van der Waals surface area contributed by atoms with E-state index in [-0.39, 0.29) is 10.6 Å². The molecule has 0 radical (unpaired) electrons. The summed E-state index contributed by atoms with van der Waals surface area (Å²) < 4.78 is 26.1. The van der Waals surface area contributed by atoms with Crippen molar-refractivity contribution in [3.63, 3.8) is 0 Å². The van der Waals surface area contributed by atoms with Crippen molar-refractivity contribution in [1.82, 2.24) is 3.97 Å². The van der Waals surface area contributed by atoms with Crippen molar-refractivity contribution in [1.29, 1.82) is 0 Å². The summed E-state index contributed by atoms with van der Waals surface area (Å²) in [5.41, 5.74) is 1.82. The predicted molar refractivity (Wildman–Crippen MR) is 77.5 cm³/mol. The molecule has 0 aliphatic carbocycles. The maximum atomic E-state index is 12.5. The normalized spacial score (nSPS) is 11.2. The average molecular weight is 289 g/mol. The lowest BCUT2D eigenvalue weighted by Gasteiger charge is -2.07. The summed E-state index contributed by atoms with van der Waals surface area (Å²) in [7, 11) is -3.74. The van der Waals surface area contributed by atoms with Crippen LogP contribution in [0.1, 0.15) is 21.6 Å². The Bertz CT molecular complexity index is 740. The minimum atomic E-state index is -3.74. The quantitative estimate of drug-likeness (QED) is 0.628. The molecule has 0 aliphatic heterocycles. The number of hydrogen-bond donors (Lipinski definition) is 0. The number of carbonyl (C=O) groups excluding carboxylic acids is 1. The maximum Gasteiger partial charge on any atom is 0.268 e. The Hall–Kier alpha value is -2.14. The fraction of sp³-hybridized carbons (Fsp3) is 0.133. The monoisotopic (exact) mass is 289 g/mol. The van der Waals surface area contributed by atoms with Crippen LogP contribution in [-0.4, -0.2) is 18.7 Å². The highest BCUT2D eigenvalue weighted by atomic mass is 32.2. The number of allylic oxidation sites excluding steroid dienone is 1. The molecule has 104 valence electrons. The van der Waals surface area contributed by atoms with Gasteiger partial charge in [0, 0.05) is 6.20 Å². The number of aryl methyl sites for hydroxylation is 1. The van der Waals surface area contributed by atoms with E-state index >= 15 is 0 Å². The molecule has 0 aliphatic rings. The van der Waals surface area contributed by atoms with Gasteiger partial charge in [-0.2, -0.15) is 0 Å². The molecule has 4 nitrogen and oxygen atoms in total. The van der Waals surface area contributed by atoms with Gasteiger partial charge < -0.3 is 0 Å². The largest absolute Gasteiger partial charge is 0.296 e. The number of hydrogen-bond acceptors (Lipinski definition) is 3. The zero-order chi connectivity index (χ0) is 14.8. The summed E-state index contributed by atoms with van der Waals surface area (Å²) in [5.74, 6) is 0. The zero-order valence-corrected chi connectivity index (χ0v) is 11.9. The molecule has 0 atom stereocenters. The highest BCUT2D eigenvalue weighted by Crippen LogP contribution is 2.19. The summed E-state index contributed by atoms with van der Waals surface area (Å²) in [6.45, 7) is 5.48. The van der Waals surface area contributed by atoms with E-state index in [4.69, 9.17) is 0 Å². The van der Waals surface area contributed by atoms with Crippen LogP contribution in [0.25, 0.3) is 0 Å². The van der Waals surface area contributed by atoms with Gasteiger partial charge in [0.25, 0.3) is 10.0 Å². The van der Waals surface area contributed by atoms with Crippen LogP contribution in [0.3, 0.4) is 0 Å². The van der Waals surface area contributed by atoms with Gasteiger partial charge in [0.1, 0.15) is 0 Å². The molecule has 0 unspecified atom stereocenters. The third kappa shape index (κ3) is 2.58. The van der Waals surface area contributed by atoms with E-state index < -0.39 is 10.0 Å². The van der Waals surface area contributed by atoms with Crippen LogP contribution in [0.4, 0.5) is 0 Å². The summed E-state index contributed by atoms with van der Waals surface area (Å²) in [5, 5.41) is 0. The van der Waals surface area contributed by atoms with E-state index in [1.807, 2.05) is 6.92 Å². The third-order valence-corrected chi connectivity index (χ3v) is 4.65. The maximum absolute atomic E-state index is 12.5. The van der Waals surface area contributed by atoms with E-state index in [9.17, 15) is 13.2 Å². The van der Waals surface area contributed by atoms with Crippen LogP contribution in [-0.2, 0) is 16.4 Å². The van der Waals surface area contributed by atoms with E-state index in [0.29, 0.717) is 12.7 Å². The number of aromatic nitrogens is 1. The van der Waals surface area contributed by atoms with Crippen molar-refractivity contribution in [3.05, 3.63) is 66.0 Å². The zero-order valence-electron chi connectivity index (χ0n) is 11.1.